The molecule has 0 aromatic carbocycles. The topological polar surface area (TPSA) is 97.4 Å². The Morgan fingerprint density at radius 1 is 1.10 bits per heavy atom. The normalized spacial score (nSPS) is 29.4. The number of hydrogen-bond donors (Lipinski definition) is 2. The molecule has 2 N–H and O–H groups in total. The van der Waals surface area contributed by atoms with Crippen LogP contribution >= 0.6 is 23.2 Å². The van der Waals surface area contributed by atoms with E-state index in [1.165, 1.54) is 31.5 Å². The molecule has 2 amide bonds. The van der Waals surface area contributed by atoms with Crippen molar-refractivity contribution < 1.29 is 19.1 Å². The second kappa shape index (κ2) is 8.11. The highest BCUT2D eigenvalue weighted by molar-refractivity contribution is 6.36. The Morgan fingerprint density at radius 3 is 2.31 bits per heavy atom. The van der Waals surface area contributed by atoms with Gasteiger partial charge in [-0.1, -0.05) is 23.2 Å². The number of hydrogen-bond acceptors (Lipinski definition) is 5. The largest absolute Gasteiger partial charge is 0.454 e. The van der Waals surface area contributed by atoms with Crippen LogP contribution in [0.4, 0.5) is 5.82 Å². The van der Waals surface area contributed by atoms with E-state index in [4.69, 9.17) is 27.9 Å². The van der Waals surface area contributed by atoms with Crippen molar-refractivity contribution in [1.82, 2.24) is 10.3 Å². The zero-order valence-corrected chi connectivity index (χ0v) is 17.4. The van der Waals surface area contributed by atoms with Gasteiger partial charge in [-0.05, 0) is 62.3 Å². The van der Waals surface area contributed by atoms with E-state index in [9.17, 15) is 14.4 Å². The molecule has 1 aromatic rings. The van der Waals surface area contributed by atoms with Gasteiger partial charge in [-0.2, -0.15) is 0 Å². The van der Waals surface area contributed by atoms with Crippen molar-refractivity contribution in [3.8, 4) is 0 Å². The molecule has 4 fully saturated rings. The molecular formula is C20H23Cl2N3O4. The van der Waals surface area contributed by atoms with E-state index >= 15 is 0 Å². The van der Waals surface area contributed by atoms with Gasteiger partial charge in [0.05, 0.1) is 10.0 Å². The molecule has 29 heavy (non-hydrogen) atoms. The average molecular weight is 440 g/mol. The quantitative estimate of drug-likeness (QED) is 0.663. The molecule has 7 nitrogen and oxygen atoms in total. The summed E-state index contributed by atoms with van der Waals surface area (Å²) in [6, 6.07) is 1.44. The molecule has 4 aliphatic carbocycles. The lowest BCUT2D eigenvalue weighted by molar-refractivity contribution is -0.152. The third-order valence-electron chi connectivity index (χ3n) is 6.34. The molecular weight excluding hydrogens is 417 g/mol. The summed E-state index contributed by atoms with van der Waals surface area (Å²) in [7, 11) is 0. The van der Waals surface area contributed by atoms with Crippen LogP contribution in [0.2, 0.25) is 10.0 Å². The molecule has 0 radical (unpaired) electrons. The Kier molecular flexibility index (Phi) is 5.71. The van der Waals surface area contributed by atoms with Crippen molar-refractivity contribution >= 4 is 46.8 Å². The first-order chi connectivity index (χ1) is 13.8. The van der Waals surface area contributed by atoms with Crippen LogP contribution in [0.3, 0.4) is 0 Å². The average Bonchev–Trinajstić information content (AvgIpc) is 2.65. The Balaban J connectivity index is 1.22. The SMILES string of the molecule is O=C(COC(=O)CNC(=O)C12CC3CC(CC(C3)C1)C2)Nc1ncc(Cl)cc1Cl. The number of amides is 2. The summed E-state index contributed by atoms with van der Waals surface area (Å²) in [5, 5.41) is 5.70. The van der Waals surface area contributed by atoms with Crippen LogP contribution in [0.25, 0.3) is 0 Å². The van der Waals surface area contributed by atoms with Crippen molar-refractivity contribution in [3.05, 3.63) is 22.3 Å². The molecule has 0 spiro atoms. The maximum atomic E-state index is 12.8. The lowest BCUT2D eigenvalue weighted by Crippen LogP contribution is -2.54. The van der Waals surface area contributed by atoms with Crippen LogP contribution in [0.15, 0.2) is 12.3 Å². The lowest BCUT2D eigenvalue weighted by atomic mass is 9.49. The maximum Gasteiger partial charge on any atom is 0.325 e. The van der Waals surface area contributed by atoms with Gasteiger partial charge in [-0.3, -0.25) is 14.4 Å². The smallest absolute Gasteiger partial charge is 0.325 e. The standard InChI is InChI=1S/C20H23Cl2N3O4/c21-14-4-15(22)18(23-8-14)25-16(26)10-29-17(27)9-24-19(28)20-5-11-1-12(6-20)3-13(2-11)7-20/h4,8,11-13H,1-3,5-7,9-10H2,(H,24,28)(H,23,25,26). The third-order valence-corrected chi connectivity index (χ3v) is 6.84. The van der Waals surface area contributed by atoms with Crippen LogP contribution < -0.4 is 10.6 Å². The van der Waals surface area contributed by atoms with E-state index in [1.54, 1.807) is 0 Å². The molecule has 5 rings (SSSR count). The predicted octanol–water partition coefficient (Wildman–Crippen LogP) is 3.20. The van der Waals surface area contributed by atoms with Crippen molar-refractivity contribution in [2.24, 2.45) is 23.2 Å². The summed E-state index contributed by atoms with van der Waals surface area (Å²) >= 11 is 11.7. The number of aromatic nitrogens is 1. The highest BCUT2D eigenvalue weighted by atomic mass is 35.5. The van der Waals surface area contributed by atoms with Gasteiger partial charge in [0.1, 0.15) is 6.54 Å². The summed E-state index contributed by atoms with van der Waals surface area (Å²) in [5.41, 5.74) is -0.316. The summed E-state index contributed by atoms with van der Waals surface area (Å²) in [6.07, 6.45) is 7.86. The van der Waals surface area contributed by atoms with Crippen LogP contribution in [0.1, 0.15) is 38.5 Å². The van der Waals surface area contributed by atoms with Gasteiger partial charge in [0.25, 0.3) is 5.91 Å². The fourth-order valence-corrected chi connectivity index (χ4v) is 6.03. The van der Waals surface area contributed by atoms with Crippen LogP contribution in [0, 0.1) is 23.2 Å². The first-order valence-electron chi connectivity index (χ1n) is 9.88. The maximum absolute atomic E-state index is 12.8. The molecule has 4 bridgehead atoms. The fourth-order valence-electron chi connectivity index (χ4n) is 5.60. The van der Waals surface area contributed by atoms with Gasteiger partial charge in [-0.25, -0.2) is 4.98 Å². The van der Waals surface area contributed by atoms with Crippen molar-refractivity contribution in [2.75, 3.05) is 18.5 Å². The molecule has 0 aliphatic heterocycles. The Labute approximate surface area is 178 Å². The number of anilines is 1. The number of rotatable bonds is 6. The van der Waals surface area contributed by atoms with Gasteiger partial charge in [0, 0.05) is 11.6 Å². The van der Waals surface area contributed by atoms with E-state index in [2.05, 4.69) is 15.6 Å². The Hall–Kier alpha value is -1.86. The lowest BCUT2D eigenvalue weighted by Gasteiger charge is -2.55. The zero-order valence-electron chi connectivity index (χ0n) is 15.9. The molecule has 1 aromatic heterocycles. The van der Waals surface area contributed by atoms with Gasteiger partial charge in [-0.15, -0.1) is 0 Å². The van der Waals surface area contributed by atoms with Gasteiger partial charge < -0.3 is 15.4 Å². The minimum Gasteiger partial charge on any atom is -0.454 e. The van der Waals surface area contributed by atoms with E-state index in [-0.39, 0.29) is 28.7 Å². The fraction of sp³-hybridized carbons (Fsp3) is 0.600. The molecule has 0 atom stereocenters. The van der Waals surface area contributed by atoms with E-state index in [0.29, 0.717) is 22.8 Å². The van der Waals surface area contributed by atoms with E-state index in [1.807, 2.05) is 0 Å². The number of esters is 1. The van der Waals surface area contributed by atoms with Crippen LogP contribution in [-0.2, 0) is 19.1 Å². The first-order valence-corrected chi connectivity index (χ1v) is 10.6. The first kappa shape index (κ1) is 20.4. The van der Waals surface area contributed by atoms with Crippen molar-refractivity contribution in [3.63, 3.8) is 0 Å². The van der Waals surface area contributed by atoms with E-state index < -0.39 is 18.5 Å². The summed E-state index contributed by atoms with van der Waals surface area (Å²) in [4.78, 5) is 40.6. The predicted molar refractivity (Wildman–Crippen MR) is 107 cm³/mol. The number of nitrogens with zero attached hydrogens (tertiary/aromatic N) is 1. The number of halogens is 2. The summed E-state index contributed by atoms with van der Waals surface area (Å²) in [6.45, 7) is -0.736. The zero-order chi connectivity index (χ0) is 20.6. The minimum absolute atomic E-state index is 0.0462. The third kappa shape index (κ3) is 4.51. The second-order valence-electron chi connectivity index (χ2n) is 8.57. The molecule has 9 heteroatoms. The van der Waals surface area contributed by atoms with Crippen molar-refractivity contribution in [1.29, 1.82) is 0 Å². The van der Waals surface area contributed by atoms with Gasteiger partial charge in [0.15, 0.2) is 12.4 Å². The second-order valence-corrected chi connectivity index (χ2v) is 9.42. The van der Waals surface area contributed by atoms with Crippen molar-refractivity contribution in [2.45, 2.75) is 38.5 Å². The highest BCUT2D eigenvalue weighted by Crippen LogP contribution is 2.60. The molecule has 4 saturated carbocycles. The summed E-state index contributed by atoms with van der Waals surface area (Å²) in [5.74, 6) is 0.793. The van der Waals surface area contributed by atoms with Gasteiger partial charge >= 0.3 is 5.97 Å². The highest BCUT2D eigenvalue weighted by Gasteiger charge is 2.54. The number of nitrogens with one attached hydrogen (secondary N) is 2. The van der Waals surface area contributed by atoms with Crippen LogP contribution in [0.5, 0.6) is 0 Å². The van der Waals surface area contributed by atoms with Crippen LogP contribution in [-0.4, -0.2) is 35.9 Å². The number of carbonyl (C=O) groups excluding carboxylic acids is 3. The number of ether oxygens (including phenoxy) is 1. The monoisotopic (exact) mass is 439 g/mol. The molecule has 156 valence electrons. The Bertz CT molecular complexity index is 810. The van der Waals surface area contributed by atoms with Gasteiger partial charge in [0.2, 0.25) is 5.91 Å². The Morgan fingerprint density at radius 2 is 1.72 bits per heavy atom. The number of carbonyl (C=O) groups is 3. The molecule has 0 saturated heterocycles. The molecule has 0 unspecified atom stereocenters. The van der Waals surface area contributed by atoms with E-state index in [0.717, 1.165) is 19.3 Å². The molecule has 1 heterocycles. The molecule has 4 aliphatic rings. The number of pyridine rings is 1. The minimum atomic E-state index is -0.659. The summed E-state index contributed by atoms with van der Waals surface area (Å²) < 4.78 is 4.95.